The normalized spacial score (nSPS) is 18.5. The molecule has 3 rings (SSSR count). The molecule has 1 saturated carbocycles. The summed E-state index contributed by atoms with van der Waals surface area (Å²) < 4.78 is 4.98. The molecule has 1 aromatic rings. The maximum Gasteiger partial charge on any atom is 0.326 e. The van der Waals surface area contributed by atoms with Crippen molar-refractivity contribution >= 4 is 35.5 Å². The van der Waals surface area contributed by atoms with Crippen molar-refractivity contribution in [3.05, 3.63) is 29.8 Å². The number of ketones is 1. The van der Waals surface area contributed by atoms with Crippen LogP contribution in [0.25, 0.3) is 0 Å². The van der Waals surface area contributed by atoms with E-state index in [1.807, 2.05) is 18.4 Å². The number of carbonyl (C=O) groups excluding carboxylic acids is 4. The zero-order chi connectivity index (χ0) is 19.4. The van der Waals surface area contributed by atoms with Crippen LogP contribution in [-0.2, 0) is 14.3 Å². The molecule has 1 aromatic carbocycles. The maximum absolute atomic E-state index is 12.6. The van der Waals surface area contributed by atoms with Gasteiger partial charge in [0.1, 0.15) is 12.1 Å². The van der Waals surface area contributed by atoms with E-state index in [2.05, 4.69) is 5.32 Å². The minimum absolute atomic E-state index is 0.336. The Morgan fingerprint density at radius 1 is 1.15 bits per heavy atom. The first-order chi connectivity index (χ1) is 12.9. The molecule has 1 aliphatic heterocycles. The van der Waals surface area contributed by atoms with Gasteiger partial charge in [-0.25, -0.2) is 4.79 Å². The molecular formula is C19H22N2O5S. The Morgan fingerprint density at radius 2 is 1.81 bits per heavy atom. The molecule has 8 heteroatoms. The lowest BCUT2D eigenvalue weighted by Gasteiger charge is -2.30. The van der Waals surface area contributed by atoms with Gasteiger partial charge in [-0.15, -0.1) is 11.8 Å². The zero-order valence-corrected chi connectivity index (χ0v) is 16.0. The number of esters is 1. The molecule has 0 bridgehead atoms. The van der Waals surface area contributed by atoms with E-state index >= 15 is 0 Å². The molecule has 1 spiro atoms. The molecule has 0 aromatic heterocycles. The number of hydrogen-bond acceptors (Lipinski definition) is 6. The highest BCUT2D eigenvalue weighted by atomic mass is 32.2. The Morgan fingerprint density at radius 3 is 2.44 bits per heavy atom. The quantitative estimate of drug-likeness (QED) is 0.347. The smallest absolute Gasteiger partial charge is 0.326 e. The molecule has 3 amide bonds. The first-order valence-corrected chi connectivity index (χ1v) is 10.1. The summed E-state index contributed by atoms with van der Waals surface area (Å²) >= 11 is 1.56. The summed E-state index contributed by atoms with van der Waals surface area (Å²) in [5.74, 6) is -1.49. The average molecular weight is 390 g/mol. The van der Waals surface area contributed by atoms with Gasteiger partial charge < -0.3 is 10.1 Å². The Balaban J connectivity index is 1.53. The maximum atomic E-state index is 12.6. The van der Waals surface area contributed by atoms with Crippen molar-refractivity contribution in [3.8, 4) is 0 Å². The topological polar surface area (TPSA) is 92.8 Å². The first kappa shape index (κ1) is 19.4. The largest absolute Gasteiger partial charge is 0.456 e. The fourth-order valence-electron chi connectivity index (χ4n) is 3.50. The molecule has 7 nitrogen and oxygen atoms in total. The molecule has 2 fully saturated rings. The standard InChI is InChI=1S/C19H22N2O5S/c1-27-14-7-5-13(6-8-14)15(22)12-26-16(23)11-21-17(24)19(20-18(21)25)9-3-2-4-10-19/h5-8H,2-4,9-12H2,1H3,(H,20,25). The lowest BCUT2D eigenvalue weighted by molar-refractivity contribution is -0.147. The van der Waals surface area contributed by atoms with Crippen molar-refractivity contribution in [2.75, 3.05) is 19.4 Å². The number of thioether (sulfide) groups is 1. The van der Waals surface area contributed by atoms with Gasteiger partial charge in [0.15, 0.2) is 12.4 Å². The van der Waals surface area contributed by atoms with Crippen LogP contribution in [0.1, 0.15) is 42.5 Å². The van der Waals surface area contributed by atoms with Crippen molar-refractivity contribution in [1.82, 2.24) is 10.2 Å². The van der Waals surface area contributed by atoms with E-state index in [1.54, 1.807) is 23.9 Å². The summed E-state index contributed by atoms with van der Waals surface area (Å²) in [6.45, 7) is -0.905. The van der Waals surface area contributed by atoms with E-state index in [1.165, 1.54) is 0 Å². The molecule has 0 unspecified atom stereocenters. The van der Waals surface area contributed by atoms with E-state index in [4.69, 9.17) is 4.74 Å². The number of rotatable bonds is 6. The van der Waals surface area contributed by atoms with Crippen molar-refractivity contribution < 1.29 is 23.9 Å². The van der Waals surface area contributed by atoms with E-state index in [0.29, 0.717) is 18.4 Å². The van der Waals surface area contributed by atoms with E-state index in [9.17, 15) is 19.2 Å². The van der Waals surface area contributed by atoms with Gasteiger partial charge in [0, 0.05) is 10.5 Å². The Labute approximate surface area is 161 Å². The van der Waals surface area contributed by atoms with E-state index in [0.717, 1.165) is 29.1 Å². The molecule has 0 atom stereocenters. The Kier molecular flexibility index (Phi) is 5.84. The van der Waals surface area contributed by atoms with Gasteiger partial charge in [0.05, 0.1) is 0 Å². The fourth-order valence-corrected chi connectivity index (χ4v) is 3.90. The summed E-state index contributed by atoms with van der Waals surface area (Å²) in [6, 6.07) is 6.41. The summed E-state index contributed by atoms with van der Waals surface area (Å²) in [6.07, 6.45) is 5.89. The number of nitrogens with one attached hydrogen (secondary N) is 1. The third kappa shape index (κ3) is 4.16. The highest BCUT2D eigenvalue weighted by Crippen LogP contribution is 2.33. The second-order valence-corrected chi connectivity index (χ2v) is 7.66. The van der Waals surface area contributed by atoms with Gasteiger partial charge in [-0.05, 0) is 31.2 Å². The first-order valence-electron chi connectivity index (χ1n) is 8.92. The number of Topliss-reactive ketones (excluding diaryl/α,β-unsaturated/α-hetero) is 1. The second kappa shape index (κ2) is 8.12. The molecule has 144 valence electrons. The van der Waals surface area contributed by atoms with Crippen LogP contribution in [0.3, 0.4) is 0 Å². The number of imide groups is 1. The van der Waals surface area contributed by atoms with Gasteiger partial charge >= 0.3 is 12.0 Å². The van der Waals surface area contributed by atoms with Crippen molar-refractivity contribution in [2.45, 2.75) is 42.5 Å². The van der Waals surface area contributed by atoms with Gasteiger partial charge in [-0.1, -0.05) is 31.4 Å². The van der Waals surface area contributed by atoms with Crippen LogP contribution in [0, 0.1) is 0 Å². The van der Waals surface area contributed by atoms with E-state index in [-0.39, 0.29) is 11.7 Å². The minimum atomic E-state index is -0.871. The molecule has 1 heterocycles. The Hall–Kier alpha value is -2.35. The highest BCUT2D eigenvalue weighted by Gasteiger charge is 2.51. The molecule has 1 N–H and O–H groups in total. The van der Waals surface area contributed by atoms with Gasteiger partial charge in [-0.2, -0.15) is 0 Å². The van der Waals surface area contributed by atoms with Crippen LogP contribution in [0.15, 0.2) is 29.2 Å². The van der Waals surface area contributed by atoms with Crippen molar-refractivity contribution in [2.24, 2.45) is 0 Å². The summed E-state index contributed by atoms with van der Waals surface area (Å²) in [7, 11) is 0. The number of amides is 3. The summed E-state index contributed by atoms with van der Waals surface area (Å²) in [5.41, 5.74) is -0.429. The summed E-state index contributed by atoms with van der Waals surface area (Å²) in [5, 5.41) is 2.74. The number of benzene rings is 1. The van der Waals surface area contributed by atoms with Crippen LogP contribution >= 0.6 is 11.8 Å². The van der Waals surface area contributed by atoms with Crippen LogP contribution in [0.5, 0.6) is 0 Å². The van der Waals surface area contributed by atoms with Crippen LogP contribution in [0.4, 0.5) is 4.79 Å². The van der Waals surface area contributed by atoms with Crippen LogP contribution in [-0.4, -0.2) is 53.5 Å². The SMILES string of the molecule is CSc1ccc(C(=O)COC(=O)CN2C(=O)NC3(CCCCC3)C2=O)cc1. The van der Waals surface area contributed by atoms with Gasteiger partial charge in [0.25, 0.3) is 5.91 Å². The third-order valence-corrected chi connectivity index (χ3v) is 5.76. The molecule has 1 saturated heterocycles. The number of hydrogen-bond donors (Lipinski definition) is 1. The molecule has 27 heavy (non-hydrogen) atoms. The van der Waals surface area contributed by atoms with Crippen LogP contribution < -0.4 is 5.32 Å². The number of ether oxygens (including phenoxy) is 1. The monoisotopic (exact) mass is 390 g/mol. The van der Waals surface area contributed by atoms with Gasteiger partial charge in [0.2, 0.25) is 0 Å². The molecule has 2 aliphatic rings. The van der Waals surface area contributed by atoms with Crippen molar-refractivity contribution in [3.63, 3.8) is 0 Å². The zero-order valence-electron chi connectivity index (χ0n) is 15.2. The molecule has 1 aliphatic carbocycles. The van der Waals surface area contributed by atoms with E-state index < -0.39 is 30.7 Å². The second-order valence-electron chi connectivity index (χ2n) is 6.78. The van der Waals surface area contributed by atoms with Crippen molar-refractivity contribution in [1.29, 1.82) is 0 Å². The molecular weight excluding hydrogens is 368 g/mol. The lowest BCUT2D eigenvalue weighted by atomic mass is 9.82. The van der Waals surface area contributed by atoms with Gasteiger partial charge in [-0.3, -0.25) is 19.3 Å². The summed E-state index contributed by atoms with van der Waals surface area (Å²) in [4.78, 5) is 50.8. The fraction of sp³-hybridized carbons (Fsp3) is 0.474. The predicted molar refractivity (Wildman–Crippen MR) is 99.6 cm³/mol. The lowest BCUT2D eigenvalue weighted by Crippen LogP contribution is -2.48. The third-order valence-electron chi connectivity index (χ3n) is 5.02. The number of nitrogens with zero attached hydrogens (tertiary/aromatic N) is 1. The molecule has 0 radical (unpaired) electrons. The number of urea groups is 1. The average Bonchev–Trinajstić information content (AvgIpc) is 2.90. The predicted octanol–water partition coefficient (Wildman–Crippen LogP) is 2.39. The highest BCUT2D eigenvalue weighted by molar-refractivity contribution is 7.98. The van der Waals surface area contributed by atoms with Crippen LogP contribution in [0.2, 0.25) is 0 Å². The Bertz CT molecular complexity index is 756. The minimum Gasteiger partial charge on any atom is -0.456 e. The number of carbonyl (C=O) groups is 4.